The van der Waals surface area contributed by atoms with Crippen molar-refractivity contribution in [3.05, 3.63) is 73.1 Å². The van der Waals surface area contributed by atoms with Crippen molar-refractivity contribution in [2.75, 3.05) is 0 Å². The molecule has 0 unspecified atom stereocenters. The van der Waals surface area contributed by atoms with Crippen LogP contribution in [0.25, 0.3) is 16.9 Å². The van der Waals surface area contributed by atoms with Gasteiger partial charge in [-0.3, -0.25) is 0 Å². The van der Waals surface area contributed by atoms with Crippen LogP contribution < -0.4 is 24.8 Å². The van der Waals surface area contributed by atoms with Crippen LogP contribution in [0.5, 0.6) is 0 Å². The van der Waals surface area contributed by atoms with E-state index in [0.717, 1.165) is 0 Å². The standard InChI is InChI=1S/C9H7.C4H4N.2ClH.H2N.Ti/c1-2-5-9-7-3-6-8(9)4-1;1-2-4-5-3-1;;;;/h1-7H;1-3,5H;2*1H;1H2;/q2*-1;;;-1;+2/p-2. The number of nitrogens with one attached hydrogen (secondary N) is 1. The van der Waals surface area contributed by atoms with Gasteiger partial charge in [-0.15, -0.1) is 35.8 Å². The summed E-state index contributed by atoms with van der Waals surface area (Å²) in [7, 11) is 0. The minimum absolute atomic E-state index is 0. The zero-order chi connectivity index (χ0) is 9.64. The number of halogens is 2. The van der Waals surface area contributed by atoms with Crippen LogP contribution in [0.1, 0.15) is 0 Å². The van der Waals surface area contributed by atoms with Crippen molar-refractivity contribution >= 4 is 10.8 Å². The minimum Gasteiger partial charge on any atom is -1.00 e. The Bertz CT molecular complexity index is 433. The van der Waals surface area contributed by atoms with Crippen molar-refractivity contribution in [3.63, 3.8) is 0 Å². The van der Waals surface area contributed by atoms with Gasteiger partial charge in [-0.25, -0.2) is 0 Å². The largest absolute Gasteiger partial charge is 2.00 e. The molecule has 0 aliphatic rings. The topological polar surface area (TPSA) is 49.3 Å². The molecule has 0 bridgehead atoms. The molecule has 3 rings (SSSR count). The smallest absolute Gasteiger partial charge is 1.00 e. The summed E-state index contributed by atoms with van der Waals surface area (Å²) in [6, 6.07) is 18.4. The fourth-order valence-corrected chi connectivity index (χ4v) is 1.31. The maximum absolute atomic E-state index is 2.74. The van der Waals surface area contributed by atoms with Gasteiger partial charge in [-0.05, 0) is 0 Å². The third-order valence-electron chi connectivity index (χ3n) is 1.99. The molecule has 0 aliphatic heterocycles. The molecule has 3 N–H and O–H groups in total. The van der Waals surface area contributed by atoms with Crippen LogP contribution in [0.3, 0.4) is 0 Å². The van der Waals surface area contributed by atoms with Crippen LogP contribution in [-0.2, 0) is 21.7 Å². The maximum Gasteiger partial charge on any atom is 2.00 e. The normalized spacial score (nSPS) is 7.33. The molecule has 1 heterocycles. The number of aromatic nitrogens is 1. The first-order valence-corrected chi connectivity index (χ1v) is 4.57. The van der Waals surface area contributed by atoms with Crippen LogP contribution in [0, 0.1) is 6.20 Å². The van der Waals surface area contributed by atoms with Gasteiger partial charge in [0.2, 0.25) is 0 Å². The van der Waals surface area contributed by atoms with Crippen LogP contribution in [0.15, 0.2) is 60.8 Å². The van der Waals surface area contributed by atoms with Gasteiger partial charge in [0.15, 0.2) is 0 Å². The number of fused-ring (bicyclic) bond motifs is 1. The van der Waals surface area contributed by atoms with E-state index in [0.29, 0.717) is 0 Å². The number of H-pyrrole nitrogens is 1. The van der Waals surface area contributed by atoms with Gasteiger partial charge in [0.05, 0.1) is 0 Å². The Kier molecular flexibility index (Phi) is 16.0. The number of benzene rings is 1. The monoisotopic (exact) mass is 315 g/mol. The Labute approximate surface area is 135 Å². The van der Waals surface area contributed by atoms with Crippen molar-refractivity contribution in [3.8, 4) is 0 Å². The van der Waals surface area contributed by atoms with Crippen LogP contribution in [-0.4, -0.2) is 4.98 Å². The van der Waals surface area contributed by atoms with E-state index in [4.69, 9.17) is 0 Å². The molecule has 2 nitrogen and oxygen atoms in total. The van der Waals surface area contributed by atoms with Gasteiger partial charge in [0, 0.05) is 0 Å². The molecule has 0 saturated carbocycles. The van der Waals surface area contributed by atoms with Crippen molar-refractivity contribution < 1.29 is 46.5 Å². The summed E-state index contributed by atoms with van der Waals surface area (Å²) in [6.07, 6.45) is 4.56. The predicted octanol–water partition coefficient (Wildman–Crippen LogP) is -1.90. The predicted molar refractivity (Wildman–Crippen MR) is 64.5 cm³/mol. The summed E-state index contributed by atoms with van der Waals surface area (Å²) >= 11 is 0. The summed E-state index contributed by atoms with van der Waals surface area (Å²) in [5.41, 5.74) is 0. The second-order valence-electron chi connectivity index (χ2n) is 2.97. The molecule has 0 radical (unpaired) electrons. The molecule has 0 spiro atoms. The molecule has 0 saturated heterocycles. The van der Waals surface area contributed by atoms with E-state index >= 15 is 0 Å². The van der Waals surface area contributed by atoms with Gasteiger partial charge in [0.1, 0.15) is 0 Å². The maximum atomic E-state index is 2.74. The van der Waals surface area contributed by atoms with Gasteiger partial charge < -0.3 is 35.9 Å². The molecular weight excluding hydrogens is 303 g/mol. The minimum atomic E-state index is 0. The fraction of sp³-hybridized carbons (Fsp3) is 0. The Hall–Kier alpha value is -0.636. The van der Waals surface area contributed by atoms with E-state index in [-0.39, 0.29) is 52.7 Å². The summed E-state index contributed by atoms with van der Waals surface area (Å²) < 4.78 is 0. The molecule has 0 amide bonds. The molecule has 0 atom stereocenters. The number of aromatic amines is 1. The van der Waals surface area contributed by atoms with Gasteiger partial charge in [-0.1, -0.05) is 6.07 Å². The fourth-order valence-electron chi connectivity index (χ4n) is 1.31. The van der Waals surface area contributed by atoms with Crippen LogP contribution >= 0.6 is 0 Å². The van der Waals surface area contributed by atoms with Gasteiger partial charge >= 0.3 is 21.7 Å². The second kappa shape index (κ2) is 12.8. The van der Waals surface area contributed by atoms with Gasteiger partial charge in [-0.2, -0.15) is 35.8 Å². The van der Waals surface area contributed by atoms with E-state index < -0.39 is 0 Å². The first-order valence-electron chi connectivity index (χ1n) is 4.57. The molecule has 3 aromatic rings. The molecule has 18 heavy (non-hydrogen) atoms. The molecular formula is C13H13Cl2N2Ti-3. The summed E-state index contributed by atoms with van der Waals surface area (Å²) in [6.45, 7) is 0. The number of nitrogens with two attached hydrogens (primary N) is 1. The third-order valence-corrected chi connectivity index (χ3v) is 1.99. The number of hydrogen-bond acceptors (Lipinski definition) is 0. The number of hydrogen-bond donors (Lipinski definition) is 1. The van der Waals surface area contributed by atoms with Crippen LogP contribution in [0.2, 0.25) is 0 Å². The first kappa shape index (κ1) is 22.5. The van der Waals surface area contributed by atoms with E-state index in [2.05, 4.69) is 53.6 Å². The molecule has 5 heteroatoms. The van der Waals surface area contributed by atoms with Gasteiger partial charge in [0.25, 0.3) is 0 Å². The average molecular weight is 316 g/mol. The Morgan fingerprint density at radius 1 is 1.00 bits per heavy atom. The summed E-state index contributed by atoms with van der Waals surface area (Å²) in [5.74, 6) is 0. The van der Waals surface area contributed by atoms with E-state index in [9.17, 15) is 0 Å². The first-order chi connectivity index (χ1) is 6.97. The molecule has 1 aromatic heterocycles. The SMILES string of the molecule is [Cl-].[Cl-].[NH2-].[Ti+2].[c-]1ccc[nH]1.c1ccc2[cH-]ccc2c1. The number of rotatable bonds is 0. The van der Waals surface area contributed by atoms with E-state index in [1.54, 1.807) is 0 Å². The Balaban J connectivity index is -0.000000224. The summed E-state index contributed by atoms with van der Waals surface area (Å²) in [5, 5.41) is 2.66. The molecule has 2 aromatic carbocycles. The van der Waals surface area contributed by atoms with Crippen molar-refractivity contribution in [1.29, 1.82) is 0 Å². The Morgan fingerprint density at radius 3 is 2.22 bits per heavy atom. The van der Waals surface area contributed by atoms with E-state index in [1.165, 1.54) is 10.8 Å². The Morgan fingerprint density at radius 2 is 1.72 bits per heavy atom. The molecule has 0 fully saturated rings. The van der Waals surface area contributed by atoms with Crippen LogP contribution in [0.4, 0.5) is 0 Å². The van der Waals surface area contributed by atoms with E-state index in [1.807, 2.05) is 18.3 Å². The van der Waals surface area contributed by atoms with Crippen molar-refractivity contribution in [1.82, 2.24) is 4.98 Å². The zero-order valence-corrected chi connectivity index (χ0v) is 12.7. The third kappa shape index (κ3) is 6.95. The molecule has 96 valence electrons. The van der Waals surface area contributed by atoms with Crippen molar-refractivity contribution in [2.24, 2.45) is 0 Å². The zero-order valence-electron chi connectivity index (χ0n) is 9.61. The average Bonchev–Trinajstić information content (AvgIpc) is 2.92. The quantitative estimate of drug-likeness (QED) is 0.372. The second-order valence-corrected chi connectivity index (χ2v) is 2.97. The summed E-state index contributed by atoms with van der Waals surface area (Å²) in [4.78, 5) is 2.74. The molecule has 0 aliphatic carbocycles. The van der Waals surface area contributed by atoms with Crippen molar-refractivity contribution in [2.45, 2.75) is 0 Å².